The smallest absolute Gasteiger partial charge is 0.107 e. The summed E-state index contributed by atoms with van der Waals surface area (Å²) in [5, 5.41) is 4.64. The Morgan fingerprint density at radius 2 is 2.57 bits per heavy atom. The number of hydrogen-bond acceptors (Lipinski definition) is 4. The third kappa shape index (κ3) is 2.32. The van der Waals surface area contributed by atoms with E-state index >= 15 is 0 Å². The lowest BCUT2D eigenvalue weighted by atomic mass is 10.2. The molecular formula is C10H17N3S. The van der Waals surface area contributed by atoms with E-state index in [9.17, 15) is 0 Å². The Balaban J connectivity index is 1.95. The van der Waals surface area contributed by atoms with Crippen LogP contribution in [0.4, 0.5) is 0 Å². The fourth-order valence-corrected chi connectivity index (χ4v) is 2.58. The highest BCUT2D eigenvalue weighted by Crippen LogP contribution is 2.15. The Labute approximate surface area is 89.1 Å². The highest BCUT2D eigenvalue weighted by Gasteiger charge is 2.18. The predicted octanol–water partition coefficient (Wildman–Crippen LogP) is 1.25. The molecule has 1 unspecified atom stereocenters. The van der Waals surface area contributed by atoms with Crippen LogP contribution in [0, 0.1) is 6.92 Å². The lowest BCUT2D eigenvalue weighted by Gasteiger charge is -2.33. The van der Waals surface area contributed by atoms with Gasteiger partial charge in [-0.25, -0.2) is 4.98 Å². The van der Waals surface area contributed by atoms with Gasteiger partial charge >= 0.3 is 0 Å². The van der Waals surface area contributed by atoms with Crippen LogP contribution in [-0.2, 0) is 6.54 Å². The standard InChI is InChI=1S/C10H17N3S/c1-8-5-11-3-4-13(8)7-10-12-6-9(2)14-10/h6,8,11H,3-5,7H2,1-2H3. The summed E-state index contributed by atoms with van der Waals surface area (Å²) in [5.74, 6) is 0. The topological polar surface area (TPSA) is 28.2 Å². The van der Waals surface area contributed by atoms with Crippen molar-refractivity contribution < 1.29 is 0 Å². The van der Waals surface area contributed by atoms with Crippen molar-refractivity contribution in [3.63, 3.8) is 0 Å². The van der Waals surface area contributed by atoms with Gasteiger partial charge in [0, 0.05) is 36.8 Å². The van der Waals surface area contributed by atoms with Gasteiger partial charge in [0.25, 0.3) is 0 Å². The van der Waals surface area contributed by atoms with Crippen LogP contribution in [0.3, 0.4) is 0 Å². The Morgan fingerprint density at radius 3 is 3.21 bits per heavy atom. The van der Waals surface area contributed by atoms with Crippen molar-refractivity contribution in [2.75, 3.05) is 19.6 Å². The summed E-state index contributed by atoms with van der Waals surface area (Å²) in [7, 11) is 0. The maximum Gasteiger partial charge on any atom is 0.107 e. The first kappa shape index (κ1) is 10.1. The summed E-state index contributed by atoms with van der Waals surface area (Å²) in [6.45, 7) is 8.75. The maximum absolute atomic E-state index is 4.40. The zero-order chi connectivity index (χ0) is 9.97. The molecule has 0 saturated carbocycles. The first-order valence-electron chi connectivity index (χ1n) is 5.12. The molecule has 1 fully saturated rings. The summed E-state index contributed by atoms with van der Waals surface area (Å²) >= 11 is 1.81. The molecule has 78 valence electrons. The Morgan fingerprint density at radius 1 is 1.71 bits per heavy atom. The normalized spacial score (nSPS) is 24.0. The van der Waals surface area contributed by atoms with E-state index in [-0.39, 0.29) is 0 Å². The van der Waals surface area contributed by atoms with Gasteiger partial charge in [-0.3, -0.25) is 4.90 Å². The second-order valence-electron chi connectivity index (χ2n) is 3.89. The third-order valence-electron chi connectivity index (χ3n) is 2.65. The molecule has 3 nitrogen and oxygen atoms in total. The van der Waals surface area contributed by atoms with Gasteiger partial charge in [-0.1, -0.05) is 0 Å². The molecule has 1 aromatic rings. The summed E-state index contributed by atoms with van der Waals surface area (Å²) in [4.78, 5) is 8.20. The zero-order valence-electron chi connectivity index (χ0n) is 8.79. The van der Waals surface area contributed by atoms with Crippen molar-refractivity contribution in [3.8, 4) is 0 Å². The molecule has 1 aliphatic rings. The molecule has 0 bridgehead atoms. The first-order chi connectivity index (χ1) is 6.75. The molecule has 0 spiro atoms. The predicted molar refractivity (Wildman–Crippen MR) is 59.6 cm³/mol. The van der Waals surface area contributed by atoms with Crippen molar-refractivity contribution in [1.82, 2.24) is 15.2 Å². The minimum Gasteiger partial charge on any atom is -0.314 e. The van der Waals surface area contributed by atoms with E-state index in [1.54, 1.807) is 0 Å². The largest absolute Gasteiger partial charge is 0.314 e. The summed E-state index contributed by atoms with van der Waals surface area (Å²) in [5.41, 5.74) is 0. The lowest BCUT2D eigenvalue weighted by Crippen LogP contribution is -2.49. The number of thiazole rings is 1. The van der Waals surface area contributed by atoms with Crippen LogP contribution in [0.2, 0.25) is 0 Å². The molecule has 0 aromatic carbocycles. The van der Waals surface area contributed by atoms with E-state index in [0.29, 0.717) is 6.04 Å². The molecule has 1 atom stereocenters. The van der Waals surface area contributed by atoms with Gasteiger partial charge in [0.1, 0.15) is 5.01 Å². The van der Waals surface area contributed by atoms with Crippen molar-refractivity contribution in [3.05, 3.63) is 16.1 Å². The van der Waals surface area contributed by atoms with Gasteiger partial charge in [0.2, 0.25) is 0 Å². The average molecular weight is 211 g/mol. The van der Waals surface area contributed by atoms with Crippen molar-refractivity contribution in [2.45, 2.75) is 26.4 Å². The number of aryl methyl sites for hydroxylation is 1. The van der Waals surface area contributed by atoms with Crippen molar-refractivity contribution in [2.24, 2.45) is 0 Å². The maximum atomic E-state index is 4.40. The second-order valence-corrected chi connectivity index (χ2v) is 5.21. The molecule has 0 radical (unpaired) electrons. The molecule has 14 heavy (non-hydrogen) atoms. The first-order valence-corrected chi connectivity index (χ1v) is 5.93. The molecule has 2 heterocycles. The lowest BCUT2D eigenvalue weighted by molar-refractivity contribution is 0.165. The van der Waals surface area contributed by atoms with Crippen LogP contribution < -0.4 is 5.32 Å². The van der Waals surface area contributed by atoms with E-state index in [0.717, 1.165) is 26.2 Å². The van der Waals surface area contributed by atoms with Crippen molar-refractivity contribution >= 4 is 11.3 Å². The number of aromatic nitrogens is 1. The van der Waals surface area contributed by atoms with Gasteiger partial charge in [0.15, 0.2) is 0 Å². The Bertz CT molecular complexity index is 297. The van der Waals surface area contributed by atoms with E-state index in [2.05, 4.69) is 29.0 Å². The van der Waals surface area contributed by atoms with E-state index < -0.39 is 0 Å². The second kappa shape index (κ2) is 4.38. The number of rotatable bonds is 2. The van der Waals surface area contributed by atoms with Gasteiger partial charge in [0.05, 0.1) is 6.54 Å². The molecule has 1 N–H and O–H groups in total. The number of hydrogen-bond donors (Lipinski definition) is 1. The van der Waals surface area contributed by atoms with Crippen LogP contribution in [-0.4, -0.2) is 35.6 Å². The quantitative estimate of drug-likeness (QED) is 0.798. The van der Waals surface area contributed by atoms with Crippen LogP contribution in [0.25, 0.3) is 0 Å². The number of nitrogens with zero attached hydrogens (tertiary/aromatic N) is 2. The zero-order valence-corrected chi connectivity index (χ0v) is 9.60. The van der Waals surface area contributed by atoms with Gasteiger partial charge in [-0.2, -0.15) is 0 Å². The fraction of sp³-hybridized carbons (Fsp3) is 0.700. The summed E-state index contributed by atoms with van der Waals surface area (Å²) in [6, 6.07) is 0.632. The van der Waals surface area contributed by atoms with Crippen LogP contribution >= 0.6 is 11.3 Å². The van der Waals surface area contributed by atoms with Crippen molar-refractivity contribution in [1.29, 1.82) is 0 Å². The van der Waals surface area contributed by atoms with Crippen LogP contribution in [0.1, 0.15) is 16.8 Å². The molecule has 1 aromatic heterocycles. The van der Waals surface area contributed by atoms with Gasteiger partial charge in [-0.15, -0.1) is 11.3 Å². The molecule has 2 rings (SSSR count). The van der Waals surface area contributed by atoms with Crippen LogP contribution in [0.5, 0.6) is 0 Å². The molecule has 4 heteroatoms. The Kier molecular flexibility index (Phi) is 3.15. The van der Waals surface area contributed by atoms with E-state index in [1.165, 1.54) is 9.88 Å². The minimum atomic E-state index is 0.632. The van der Waals surface area contributed by atoms with Crippen LogP contribution in [0.15, 0.2) is 6.20 Å². The summed E-state index contributed by atoms with van der Waals surface area (Å²) in [6.07, 6.45) is 1.97. The summed E-state index contributed by atoms with van der Waals surface area (Å²) < 4.78 is 0. The number of nitrogens with one attached hydrogen (secondary N) is 1. The SMILES string of the molecule is Cc1cnc(CN2CCNCC2C)s1. The molecule has 0 aliphatic carbocycles. The monoisotopic (exact) mass is 211 g/mol. The Hall–Kier alpha value is -0.450. The fourth-order valence-electron chi connectivity index (χ4n) is 1.77. The van der Waals surface area contributed by atoms with Gasteiger partial charge in [-0.05, 0) is 13.8 Å². The third-order valence-corrected chi connectivity index (χ3v) is 3.54. The molecule has 0 amide bonds. The minimum absolute atomic E-state index is 0.632. The van der Waals surface area contributed by atoms with Gasteiger partial charge < -0.3 is 5.32 Å². The molecule has 1 saturated heterocycles. The highest BCUT2D eigenvalue weighted by molar-refractivity contribution is 7.11. The molecular weight excluding hydrogens is 194 g/mol. The molecule has 1 aliphatic heterocycles. The number of piperazine rings is 1. The van der Waals surface area contributed by atoms with E-state index in [1.807, 2.05) is 17.5 Å². The highest BCUT2D eigenvalue weighted by atomic mass is 32.1. The van der Waals surface area contributed by atoms with E-state index in [4.69, 9.17) is 0 Å². The average Bonchev–Trinajstić information content (AvgIpc) is 2.56.